The highest BCUT2D eigenvalue weighted by Crippen LogP contribution is 2.94. The van der Waals surface area contributed by atoms with Crippen LogP contribution in [0.2, 0.25) is 0 Å². The van der Waals surface area contributed by atoms with Crippen LogP contribution in [0.3, 0.4) is 0 Å². The number of benzene rings is 1. The summed E-state index contributed by atoms with van der Waals surface area (Å²) in [5.41, 5.74) is 0.322. The number of fused-ring (bicyclic) bond motifs is 2. The predicted molar refractivity (Wildman–Crippen MR) is 83.3 cm³/mol. The second-order valence-corrected chi connectivity index (χ2v) is 8.12. The highest BCUT2D eigenvalue weighted by Gasteiger charge is 2.99. The van der Waals surface area contributed by atoms with Crippen molar-refractivity contribution in [2.45, 2.75) is 12.6 Å². The molecule has 6 atom stereocenters. The predicted octanol–water partition coefficient (Wildman–Crippen LogP) is 2.16. The van der Waals surface area contributed by atoms with Crippen LogP contribution in [0.4, 0.5) is 13.2 Å². The lowest BCUT2D eigenvalue weighted by Gasteiger charge is -2.24. The number of imide groups is 1. The SMILES string of the molecule is O=C(NN1C(=O)[C@H]2C34C=CC(C5CC53)[C@@]24C1=O)c1ccc(C(F)(F)F)cc1. The lowest BCUT2D eigenvalue weighted by atomic mass is 9.87. The standard InChI is InChI=1S/C19H13F3N2O3/c20-19(21,22)9-3-1-8(2-4-9)14(25)23-24-15(26)13-17-6-5-11(10-7-12(10)17)18(13,17)16(24)27/h1-6,10-13H,7H2,(H,23,25)/t10?,11?,12?,13-,17?,18-/m0/s1. The number of alkyl halides is 3. The molecule has 4 unspecified atom stereocenters. The normalized spacial score (nSPS) is 42.1. The summed E-state index contributed by atoms with van der Waals surface area (Å²) in [5, 5.41) is 0.785. The smallest absolute Gasteiger partial charge is 0.272 e. The number of halogens is 3. The van der Waals surface area contributed by atoms with Crippen molar-refractivity contribution >= 4 is 17.7 Å². The van der Waals surface area contributed by atoms with Crippen LogP contribution in [0.5, 0.6) is 0 Å². The van der Waals surface area contributed by atoms with Crippen molar-refractivity contribution in [3.63, 3.8) is 0 Å². The van der Waals surface area contributed by atoms with Crippen molar-refractivity contribution in [2.75, 3.05) is 0 Å². The van der Waals surface area contributed by atoms with Crippen LogP contribution >= 0.6 is 0 Å². The Hall–Kier alpha value is -2.64. The molecule has 27 heavy (non-hydrogen) atoms. The van der Waals surface area contributed by atoms with E-state index in [1.807, 2.05) is 12.2 Å². The first-order chi connectivity index (χ1) is 12.7. The molecule has 4 fully saturated rings. The molecule has 138 valence electrons. The Kier molecular flexibility index (Phi) is 2.34. The summed E-state index contributed by atoms with van der Waals surface area (Å²) in [6, 6.07) is 3.64. The zero-order valence-electron chi connectivity index (χ0n) is 13.8. The lowest BCUT2D eigenvalue weighted by Crippen LogP contribution is -2.50. The Morgan fingerprint density at radius 2 is 1.89 bits per heavy atom. The number of rotatable bonds is 2. The van der Waals surface area contributed by atoms with E-state index in [1.165, 1.54) is 0 Å². The first kappa shape index (κ1) is 15.4. The number of piperidine rings is 1. The molecule has 2 bridgehead atoms. The molecule has 1 aromatic carbocycles. The van der Waals surface area contributed by atoms with Gasteiger partial charge < -0.3 is 0 Å². The van der Waals surface area contributed by atoms with Crippen LogP contribution in [-0.2, 0) is 15.8 Å². The summed E-state index contributed by atoms with van der Waals surface area (Å²) in [6.07, 6.45) is 0.618. The molecule has 4 aliphatic carbocycles. The van der Waals surface area contributed by atoms with Crippen molar-refractivity contribution in [2.24, 2.45) is 34.5 Å². The number of hydrogen-bond donors (Lipinski definition) is 1. The Morgan fingerprint density at radius 1 is 1.19 bits per heavy atom. The van der Waals surface area contributed by atoms with Crippen molar-refractivity contribution in [3.8, 4) is 0 Å². The van der Waals surface area contributed by atoms with E-state index in [0.717, 1.165) is 35.7 Å². The molecular weight excluding hydrogens is 361 g/mol. The van der Waals surface area contributed by atoms with Crippen LogP contribution in [-0.4, -0.2) is 22.7 Å². The monoisotopic (exact) mass is 374 g/mol. The summed E-state index contributed by atoms with van der Waals surface area (Å²) in [6.45, 7) is 0. The molecule has 0 aromatic heterocycles. The molecule has 1 N–H and O–H groups in total. The van der Waals surface area contributed by atoms with Gasteiger partial charge in [-0.05, 0) is 48.4 Å². The zero-order chi connectivity index (χ0) is 18.9. The fourth-order valence-corrected chi connectivity index (χ4v) is 6.31. The third-order valence-corrected chi connectivity index (χ3v) is 7.30. The van der Waals surface area contributed by atoms with Crippen LogP contribution in [0.1, 0.15) is 22.3 Å². The lowest BCUT2D eigenvalue weighted by molar-refractivity contribution is -0.147. The number of amides is 3. The molecular formula is C19H13F3N2O3. The molecule has 5 nitrogen and oxygen atoms in total. The third kappa shape index (κ3) is 1.43. The molecule has 3 saturated carbocycles. The van der Waals surface area contributed by atoms with Gasteiger partial charge in [-0.3, -0.25) is 19.8 Å². The molecule has 1 aliphatic heterocycles. The number of carbonyl (C=O) groups is 3. The fourth-order valence-electron chi connectivity index (χ4n) is 6.31. The van der Waals surface area contributed by atoms with Gasteiger partial charge in [0.2, 0.25) is 0 Å². The second kappa shape index (κ2) is 4.10. The first-order valence-corrected chi connectivity index (χ1v) is 8.80. The highest BCUT2D eigenvalue weighted by atomic mass is 19.4. The molecule has 1 saturated heterocycles. The molecule has 8 heteroatoms. The molecule has 1 aromatic rings. The van der Waals surface area contributed by atoms with Gasteiger partial charge in [0.15, 0.2) is 0 Å². The van der Waals surface area contributed by atoms with Gasteiger partial charge in [0.05, 0.1) is 16.9 Å². The van der Waals surface area contributed by atoms with Crippen molar-refractivity contribution in [1.82, 2.24) is 10.4 Å². The Balaban J connectivity index is 1.24. The minimum absolute atomic E-state index is 0.0493. The molecule has 1 spiro atoms. The number of hydrazine groups is 1. The number of allylic oxidation sites excluding steroid dienone is 2. The Morgan fingerprint density at radius 3 is 2.56 bits per heavy atom. The van der Waals surface area contributed by atoms with E-state index in [2.05, 4.69) is 5.43 Å². The minimum atomic E-state index is -4.50. The maximum absolute atomic E-state index is 13.0. The number of nitrogens with one attached hydrogen (secondary N) is 1. The van der Waals surface area contributed by atoms with E-state index < -0.39 is 34.9 Å². The van der Waals surface area contributed by atoms with Crippen LogP contribution in [0, 0.1) is 34.5 Å². The quantitative estimate of drug-likeness (QED) is 0.637. The van der Waals surface area contributed by atoms with Crippen LogP contribution in [0.25, 0.3) is 0 Å². The molecule has 1 heterocycles. The van der Waals surface area contributed by atoms with Crippen molar-refractivity contribution in [1.29, 1.82) is 0 Å². The molecule has 3 amide bonds. The van der Waals surface area contributed by atoms with Gasteiger partial charge in [0.1, 0.15) is 0 Å². The van der Waals surface area contributed by atoms with E-state index in [1.54, 1.807) is 0 Å². The average molecular weight is 374 g/mol. The molecule has 6 rings (SSSR count). The van der Waals surface area contributed by atoms with Gasteiger partial charge in [-0.1, -0.05) is 12.2 Å². The van der Waals surface area contributed by atoms with Crippen LogP contribution in [0.15, 0.2) is 36.4 Å². The van der Waals surface area contributed by atoms with Gasteiger partial charge in [0.25, 0.3) is 17.7 Å². The van der Waals surface area contributed by atoms with Gasteiger partial charge >= 0.3 is 6.18 Å². The highest BCUT2D eigenvalue weighted by molar-refractivity contribution is 6.16. The van der Waals surface area contributed by atoms with E-state index >= 15 is 0 Å². The number of carbonyl (C=O) groups excluding carboxylic acids is 3. The Labute approximate surface area is 151 Å². The first-order valence-electron chi connectivity index (χ1n) is 8.80. The maximum atomic E-state index is 13.0. The Bertz CT molecular complexity index is 985. The van der Waals surface area contributed by atoms with E-state index in [4.69, 9.17) is 0 Å². The molecule has 0 radical (unpaired) electrons. The summed E-state index contributed by atoms with van der Waals surface area (Å²) < 4.78 is 37.9. The van der Waals surface area contributed by atoms with Gasteiger partial charge in [-0.25, -0.2) is 0 Å². The van der Waals surface area contributed by atoms with Gasteiger partial charge in [0, 0.05) is 11.0 Å². The number of nitrogens with zero attached hydrogens (tertiary/aromatic N) is 1. The largest absolute Gasteiger partial charge is 0.416 e. The third-order valence-electron chi connectivity index (χ3n) is 7.30. The summed E-state index contributed by atoms with van der Waals surface area (Å²) in [5.74, 6) is -1.02. The van der Waals surface area contributed by atoms with E-state index in [9.17, 15) is 27.6 Å². The minimum Gasteiger partial charge on any atom is -0.272 e. The topological polar surface area (TPSA) is 66.5 Å². The summed E-state index contributed by atoms with van der Waals surface area (Å²) in [4.78, 5) is 38.2. The maximum Gasteiger partial charge on any atom is 0.416 e. The summed E-state index contributed by atoms with van der Waals surface area (Å²) >= 11 is 0. The van der Waals surface area contributed by atoms with E-state index in [-0.39, 0.29) is 22.8 Å². The zero-order valence-corrected chi connectivity index (χ0v) is 13.8. The van der Waals surface area contributed by atoms with Gasteiger partial charge in [-0.15, -0.1) is 0 Å². The molecule has 5 aliphatic rings. The van der Waals surface area contributed by atoms with E-state index in [0.29, 0.717) is 11.8 Å². The fraction of sp³-hybridized carbons (Fsp3) is 0.421. The average Bonchev–Trinajstić information content (AvgIpc) is 3.48. The van der Waals surface area contributed by atoms with Crippen LogP contribution < -0.4 is 5.43 Å². The van der Waals surface area contributed by atoms with Crippen molar-refractivity contribution < 1.29 is 27.6 Å². The summed E-state index contributed by atoms with van der Waals surface area (Å²) in [7, 11) is 0. The number of hydrogen-bond acceptors (Lipinski definition) is 3. The van der Waals surface area contributed by atoms with Gasteiger partial charge in [-0.2, -0.15) is 18.2 Å². The van der Waals surface area contributed by atoms with Crippen molar-refractivity contribution in [3.05, 3.63) is 47.5 Å². The second-order valence-electron chi connectivity index (χ2n) is 8.12.